The van der Waals surface area contributed by atoms with Crippen molar-refractivity contribution < 1.29 is 9.59 Å². The molecule has 2 amide bonds. The van der Waals surface area contributed by atoms with Gasteiger partial charge in [-0.1, -0.05) is 29.8 Å². The number of hydrogen-bond acceptors (Lipinski definition) is 4. The van der Waals surface area contributed by atoms with E-state index < -0.39 is 0 Å². The molecule has 3 rings (SSSR count). The number of aromatic nitrogens is 1. The van der Waals surface area contributed by atoms with E-state index in [1.807, 2.05) is 62.3 Å². The largest absolute Gasteiger partial charge is 0.363 e. The zero-order valence-corrected chi connectivity index (χ0v) is 15.4. The molecule has 1 unspecified atom stereocenters. The highest BCUT2D eigenvalue weighted by molar-refractivity contribution is 5.97. The number of hydrogen-bond donors (Lipinski definition) is 1. The minimum Gasteiger partial charge on any atom is -0.363 e. The standard InChI is InChI=1S/C20H24N4O2/c1-14-4-6-15(7-5-14)12-24-13-16(10-19(24)25)20(26)22-17-8-9-18(21-11-17)23(2)3/h4-9,11,16H,10,12-13H2,1-3H3,(H,22,26). The lowest BCUT2D eigenvalue weighted by atomic mass is 10.1. The number of benzene rings is 1. The van der Waals surface area contributed by atoms with Crippen molar-refractivity contribution in [3.8, 4) is 0 Å². The molecule has 2 aromatic rings. The summed E-state index contributed by atoms with van der Waals surface area (Å²) in [5, 5.41) is 2.86. The average Bonchev–Trinajstić information content (AvgIpc) is 2.98. The second kappa shape index (κ2) is 7.56. The molecule has 1 atom stereocenters. The zero-order chi connectivity index (χ0) is 18.7. The Hall–Kier alpha value is -2.89. The molecule has 1 aliphatic rings. The summed E-state index contributed by atoms with van der Waals surface area (Å²) in [5.41, 5.74) is 2.91. The van der Waals surface area contributed by atoms with Gasteiger partial charge in [-0.3, -0.25) is 9.59 Å². The molecule has 6 nitrogen and oxygen atoms in total. The zero-order valence-electron chi connectivity index (χ0n) is 15.4. The normalized spacial score (nSPS) is 16.7. The average molecular weight is 352 g/mol. The van der Waals surface area contributed by atoms with Crippen molar-refractivity contribution in [2.45, 2.75) is 19.9 Å². The van der Waals surface area contributed by atoms with Gasteiger partial charge >= 0.3 is 0 Å². The van der Waals surface area contributed by atoms with E-state index >= 15 is 0 Å². The van der Waals surface area contributed by atoms with E-state index in [4.69, 9.17) is 0 Å². The van der Waals surface area contributed by atoms with Crippen LogP contribution in [-0.4, -0.2) is 42.3 Å². The molecular formula is C20H24N4O2. The van der Waals surface area contributed by atoms with Gasteiger partial charge in [0.2, 0.25) is 11.8 Å². The number of anilines is 2. The fourth-order valence-corrected chi connectivity index (χ4v) is 2.98. The third-order valence-corrected chi connectivity index (χ3v) is 4.55. The first-order valence-electron chi connectivity index (χ1n) is 8.70. The fourth-order valence-electron chi connectivity index (χ4n) is 2.98. The molecule has 1 aliphatic heterocycles. The minimum atomic E-state index is -0.332. The van der Waals surface area contributed by atoms with E-state index in [1.54, 1.807) is 11.1 Å². The van der Waals surface area contributed by atoms with Crippen LogP contribution < -0.4 is 10.2 Å². The number of likely N-dealkylation sites (tertiary alicyclic amines) is 1. The molecule has 0 aliphatic carbocycles. The molecule has 1 saturated heterocycles. The first kappa shape index (κ1) is 17.9. The molecule has 136 valence electrons. The predicted octanol–water partition coefficient (Wildman–Crippen LogP) is 2.44. The van der Waals surface area contributed by atoms with E-state index in [-0.39, 0.29) is 24.2 Å². The van der Waals surface area contributed by atoms with Gasteiger partial charge in [0.15, 0.2) is 0 Å². The molecule has 26 heavy (non-hydrogen) atoms. The number of carbonyl (C=O) groups excluding carboxylic acids is 2. The second-order valence-corrected chi connectivity index (χ2v) is 6.95. The molecular weight excluding hydrogens is 328 g/mol. The SMILES string of the molecule is Cc1ccc(CN2CC(C(=O)Nc3ccc(N(C)C)nc3)CC2=O)cc1. The first-order valence-corrected chi connectivity index (χ1v) is 8.70. The van der Waals surface area contributed by atoms with Crippen LogP contribution in [-0.2, 0) is 16.1 Å². The summed E-state index contributed by atoms with van der Waals surface area (Å²) >= 11 is 0. The van der Waals surface area contributed by atoms with E-state index in [0.717, 1.165) is 11.4 Å². The summed E-state index contributed by atoms with van der Waals surface area (Å²) in [5.74, 6) is 0.376. The Labute approximate surface area is 153 Å². The van der Waals surface area contributed by atoms with Crippen LogP contribution >= 0.6 is 0 Å². The van der Waals surface area contributed by atoms with Crippen LogP contribution in [0, 0.1) is 12.8 Å². The van der Waals surface area contributed by atoms with E-state index in [2.05, 4.69) is 10.3 Å². The van der Waals surface area contributed by atoms with Crippen molar-refractivity contribution in [3.05, 3.63) is 53.7 Å². The van der Waals surface area contributed by atoms with Gasteiger partial charge in [0.25, 0.3) is 0 Å². The lowest BCUT2D eigenvalue weighted by Gasteiger charge is -2.17. The lowest BCUT2D eigenvalue weighted by molar-refractivity contribution is -0.128. The van der Waals surface area contributed by atoms with Crippen LogP contribution in [0.1, 0.15) is 17.5 Å². The summed E-state index contributed by atoms with van der Waals surface area (Å²) < 4.78 is 0. The molecule has 1 aromatic carbocycles. The van der Waals surface area contributed by atoms with Crippen LogP contribution in [0.15, 0.2) is 42.6 Å². The van der Waals surface area contributed by atoms with Gasteiger partial charge < -0.3 is 15.1 Å². The summed E-state index contributed by atoms with van der Waals surface area (Å²) in [4.78, 5) is 32.7. The number of amides is 2. The molecule has 0 saturated carbocycles. The highest BCUT2D eigenvalue weighted by Gasteiger charge is 2.34. The number of nitrogens with zero attached hydrogens (tertiary/aromatic N) is 3. The molecule has 0 spiro atoms. The Kier molecular flexibility index (Phi) is 5.21. The van der Waals surface area contributed by atoms with Gasteiger partial charge in [-0.15, -0.1) is 0 Å². The molecule has 1 N–H and O–H groups in total. The minimum absolute atomic E-state index is 0.0202. The maximum Gasteiger partial charge on any atom is 0.229 e. The number of nitrogens with one attached hydrogen (secondary N) is 1. The quantitative estimate of drug-likeness (QED) is 0.898. The van der Waals surface area contributed by atoms with Crippen LogP contribution in [0.3, 0.4) is 0 Å². The lowest BCUT2D eigenvalue weighted by Crippen LogP contribution is -2.28. The monoisotopic (exact) mass is 352 g/mol. The third kappa shape index (κ3) is 4.20. The highest BCUT2D eigenvalue weighted by atomic mass is 16.2. The van der Waals surface area contributed by atoms with Gasteiger partial charge in [0.1, 0.15) is 5.82 Å². The Morgan fingerprint density at radius 3 is 2.58 bits per heavy atom. The number of rotatable bonds is 5. The molecule has 1 aromatic heterocycles. The maximum atomic E-state index is 12.5. The number of aryl methyl sites for hydroxylation is 1. The van der Waals surface area contributed by atoms with Crippen molar-refractivity contribution in [3.63, 3.8) is 0 Å². The molecule has 2 heterocycles. The number of carbonyl (C=O) groups is 2. The summed E-state index contributed by atoms with van der Waals surface area (Å²) in [6.45, 7) is 3.02. The molecule has 0 bridgehead atoms. The molecule has 1 fully saturated rings. The van der Waals surface area contributed by atoms with Gasteiger partial charge in [0, 0.05) is 33.6 Å². The first-order chi connectivity index (χ1) is 12.4. The Bertz CT molecular complexity index is 784. The van der Waals surface area contributed by atoms with Crippen molar-refractivity contribution >= 4 is 23.3 Å². The summed E-state index contributed by atoms with van der Waals surface area (Å²) in [7, 11) is 3.82. The van der Waals surface area contributed by atoms with Crippen LogP contribution in [0.2, 0.25) is 0 Å². The highest BCUT2D eigenvalue weighted by Crippen LogP contribution is 2.22. The van der Waals surface area contributed by atoms with E-state index in [1.165, 1.54) is 5.56 Å². The van der Waals surface area contributed by atoms with Crippen LogP contribution in [0.4, 0.5) is 11.5 Å². The van der Waals surface area contributed by atoms with E-state index in [9.17, 15) is 9.59 Å². The Morgan fingerprint density at radius 1 is 1.23 bits per heavy atom. The van der Waals surface area contributed by atoms with Crippen molar-refractivity contribution in [1.82, 2.24) is 9.88 Å². The van der Waals surface area contributed by atoms with Crippen LogP contribution in [0.25, 0.3) is 0 Å². The summed E-state index contributed by atoms with van der Waals surface area (Å²) in [6, 6.07) is 11.8. The van der Waals surface area contributed by atoms with Crippen molar-refractivity contribution in [2.75, 3.05) is 30.9 Å². The molecule has 6 heteroatoms. The predicted molar refractivity (Wildman–Crippen MR) is 102 cm³/mol. The van der Waals surface area contributed by atoms with E-state index in [0.29, 0.717) is 18.8 Å². The van der Waals surface area contributed by atoms with Gasteiger partial charge in [0.05, 0.1) is 17.8 Å². The second-order valence-electron chi connectivity index (χ2n) is 6.95. The Morgan fingerprint density at radius 2 is 1.96 bits per heavy atom. The van der Waals surface area contributed by atoms with Gasteiger partial charge in [-0.2, -0.15) is 0 Å². The summed E-state index contributed by atoms with van der Waals surface area (Å²) in [6.07, 6.45) is 1.88. The van der Waals surface area contributed by atoms with Crippen molar-refractivity contribution in [2.24, 2.45) is 5.92 Å². The smallest absolute Gasteiger partial charge is 0.229 e. The number of pyridine rings is 1. The van der Waals surface area contributed by atoms with Gasteiger partial charge in [-0.05, 0) is 24.6 Å². The van der Waals surface area contributed by atoms with Crippen LogP contribution in [0.5, 0.6) is 0 Å². The topological polar surface area (TPSA) is 65.5 Å². The van der Waals surface area contributed by atoms with Gasteiger partial charge in [-0.25, -0.2) is 4.98 Å². The van der Waals surface area contributed by atoms with Crippen molar-refractivity contribution in [1.29, 1.82) is 0 Å². The molecule has 0 radical (unpaired) electrons. The third-order valence-electron chi connectivity index (χ3n) is 4.55. The fraction of sp³-hybridized carbons (Fsp3) is 0.350. The Balaban J connectivity index is 1.58. The maximum absolute atomic E-state index is 12.5.